The van der Waals surface area contributed by atoms with E-state index >= 15 is 0 Å². The standard InChI is InChI=1S/C16H22N2O2/c19-15-5-3-4-13(10-15)11-16(20)18-9-6-14(12-18)17-7-1-2-8-17/h3-5,10,14,19H,1-2,6-9,11-12H2. The van der Waals surface area contributed by atoms with Gasteiger partial charge in [0, 0.05) is 19.1 Å². The second-order valence-electron chi connectivity index (χ2n) is 5.87. The summed E-state index contributed by atoms with van der Waals surface area (Å²) in [4.78, 5) is 16.8. The fourth-order valence-corrected chi connectivity index (χ4v) is 3.33. The van der Waals surface area contributed by atoms with E-state index in [0.29, 0.717) is 12.5 Å². The third-order valence-corrected chi connectivity index (χ3v) is 4.44. The number of carbonyl (C=O) groups is 1. The quantitative estimate of drug-likeness (QED) is 0.911. The topological polar surface area (TPSA) is 43.8 Å². The van der Waals surface area contributed by atoms with Crippen molar-refractivity contribution in [2.24, 2.45) is 0 Å². The van der Waals surface area contributed by atoms with Crippen LogP contribution in [0.15, 0.2) is 24.3 Å². The molecule has 1 N–H and O–H groups in total. The molecule has 20 heavy (non-hydrogen) atoms. The molecule has 0 aromatic heterocycles. The van der Waals surface area contributed by atoms with Crippen LogP contribution in [0, 0.1) is 0 Å². The zero-order valence-corrected chi connectivity index (χ0v) is 11.8. The largest absolute Gasteiger partial charge is 0.508 e. The van der Waals surface area contributed by atoms with Gasteiger partial charge < -0.3 is 10.0 Å². The molecule has 4 heteroatoms. The number of nitrogens with zero attached hydrogens (tertiary/aromatic N) is 2. The van der Waals surface area contributed by atoms with Crippen molar-refractivity contribution in [3.8, 4) is 5.75 Å². The maximum absolute atomic E-state index is 12.3. The summed E-state index contributed by atoms with van der Waals surface area (Å²) in [6.45, 7) is 4.13. The minimum atomic E-state index is 0.178. The van der Waals surface area contributed by atoms with Crippen LogP contribution in [0.2, 0.25) is 0 Å². The second-order valence-corrected chi connectivity index (χ2v) is 5.87. The van der Waals surface area contributed by atoms with Crippen LogP contribution in [0.4, 0.5) is 0 Å². The Morgan fingerprint density at radius 2 is 2.05 bits per heavy atom. The van der Waals surface area contributed by atoms with Crippen LogP contribution in [0.25, 0.3) is 0 Å². The number of hydrogen-bond acceptors (Lipinski definition) is 3. The summed E-state index contributed by atoms with van der Waals surface area (Å²) in [6, 6.07) is 7.55. The highest BCUT2D eigenvalue weighted by atomic mass is 16.3. The Balaban J connectivity index is 1.55. The number of rotatable bonds is 3. The normalized spacial score (nSPS) is 23.4. The van der Waals surface area contributed by atoms with Crippen LogP contribution in [0.3, 0.4) is 0 Å². The van der Waals surface area contributed by atoms with Crippen LogP contribution >= 0.6 is 0 Å². The molecule has 2 saturated heterocycles. The number of likely N-dealkylation sites (tertiary alicyclic amines) is 2. The van der Waals surface area contributed by atoms with E-state index in [1.807, 2.05) is 11.0 Å². The van der Waals surface area contributed by atoms with Crippen molar-refractivity contribution in [1.29, 1.82) is 0 Å². The molecule has 0 saturated carbocycles. The van der Waals surface area contributed by atoms with Crippen molar-refractivity contribution in [3.05, 3.63) is 29.8 Å². The predicted octanol–water partition coefficient (Wildman–Crippen LogP) is 1.63. The van der Waals surface area contributed by atoms with Crippen LogP contribution in [0.5, 0.6) is 5.75 Å². The summed E-state index contributed by atoms with van der Waals surface area (Å²) in [5.41, 5.74) is 0.889. The highest BCUT2D eigenvalue weighted by molar-refractivity contribution is 5.79. The Bertz CT molecular complexity index is 483. The molecule has 108 valence electrons. The van der Waals surface area contributed by atoms with E-state index in [4.69, 9.17) is 0 Å². The lowest BCUT2D eigenvalue weighted by atomic mass is 10.1. The van der Waals surface area contributed by atoms with Gasteiger partial charge in [0.15, 0.2) is 0 Å². The van der Waals surface area contributed by atoms with E-state index in [9.17, 15) is 9.90 Å². The van der Waals surface area contributed by atoms with Gasteiger partial charge in [-0.25, -0.2) is 0 Å². The van der Waals surface area contributed by atoms with Gasteiger partial charge in [-0.2, -0.15) is 0 Å². The maximum Gasteiger partial charge on any atom is 0.227 e. The molecule has 3 rings (SSSR count). The van der Waals surface area contributed by atoms with Gasteiger partial charge in [0.05, 0.1) is 6.42 Å². The number of phenolic OH excluding ortho intramolecular Hbond substituents is 1. The van der Waals surface area contributed by atoms with Crippen molar-refractivity contribution < 1.29 is 9.90 Å². The molecular formula is C16H22N2O2. The van der Waals surface area contributed by atoms with Gasteiger partial charge in [-0.15, -0.1) is 0 Å². The monoisotopic (exact) mass is 274 g/mol. The number of benzene rings is 1. The van der Waals surface area contributed by atoms with Gasteiger partial charge in [-0.05, 0) is 50.0 Å². The molecule has 0 aliphatic carbocycles. The third-order valence-electron chi connectivity index (χ3n) is 4.44. The van der Waals surface area contributed by atoms with Gasteiger partial charge in [0.2, 0.25) is 5.91 Å². The van der Waals surface area contributed by atoms with E-state index in [1.54, 1.807) is 18.2 Å². The summed E-state index contributed by atoms with van der Waals surface area (Å²) in [5, 5.41) is 9.45. The second kappa shape index (κ2) is 5.83. The molecule has 4 nitrogen and oxygen atoms in total. The average molecular weight is 274 g/mol. The molecule has 1 aromatic carbocycles. The van der Waals surface area contributed by atoms with Gasteiger partial charge in [-0.3, -0.25) is 9.69 Å². The highest BCUT2D eigenvalue weighted by Gasteiger charge is 2.31. The van der Waals surface area contributed by atoms with Gasteiger partial charge in [0.1, 0.15) is 5.75 Å². The first kappa shape index (κ1) is 13.4. The fraction of sp³-hybridized carbons (Fsp3) is 0.562. The first-order valence-corrected chi connectivity index (χ1v) is 7.52. The average Bonchev–Trinajstić information content (AvgIpc) is 3.10. The molecular weight excluding hydrogens is 252 g/mol. The maximum atomic E-state index is 12.3. The van der Waals surface area contributed by atoms with E-state index in [0.717, 1.165) is 25.1 Å². The van der Waals surface area contributed by atoms with Crippen LogP contribution in [-0.2, 0) is 11.2 Å². The van der Waals surface area contributed by atoms with Gasteiger partial charge in [-0.1, -0.05) is 12.1 Å². The molecule has 1 aromatic rings. The van der Waals surface area contributed by atoms with Gasteiger partial charge in [0.25, 0.3) is 0 Å². The van der Waals surface area contributed by atoms with Crippen molar-refractivity contribution in [2.75, 3.05) is 26.2 Å². The first-order valence-electron chi connectivity index (χ1n) is 7.52. The van der Waals surface area contributed by atoms with E-state index in [1.165, 1.54) is 25.9 Å². The number of hydrogen-bond donors (Lipinski definition) is 1. The third kappa shape index (κ3) is 2.96. The van der Waals surface area contributed by atoms with Crippen molar-refractivity contribution in [2.45, 2.75) is 31.7 Å². The molecule has 2 aliphatic heterocycles. The zero-order valence-electron chi connectivity index (χ0n) is 11.8. The highest BCUT2D eigenvalue weighted by Crippen LogP contribution is 2.21. The summed E-state index contributed by atoms with van der Waals surface area (Å²) in [6.07, 6.45) is 4.09. The lowest BCUT2D eigenvalue weighted by Crippen LogP contribution is -2.37. The number of aromatic hydroxyl groups is 1. The van der Waals surface area contributed by atoms with Crippen LogP contribution in [0.1, 0.15) is 24.8 Å². The molecule has 2 aliphatic rings. The Hall–Kier alpha value is -1.55. The first-order chi connectivity index (χ1) is 9.72. The molecule has 0 spiro atoms. The summed E-state index contributed by atoms with van der Waals surface area (Å²) in [5.74, 6) is 0.406. The van der Waals surface area contributed by atoms with Crippen molar-refractivity contribution in [3.63, 3.8) is 0 Å². The SMILES string of the molecule is O=C(Cc1cccc(O)c1)N1CCC(N2CCCC2)C1. The Kier molecular flexibility index (Phi) is 3.92. The minimum absolute atomic E-state index is 0.178. The summed E-state index contributed by atoms with van der Waals surface area (Å²) in [7, 11) is 0. The molecule has 1 unspecified atom stereocenters. The Labute approximate surface area is 120 Å². The predicted molar refractivity (Wildman–Crippen MR) is 77.6 cm³/mol. The summed E-state index contributed by atoms with van der Waals surface area (Å²) >= 11 is 0. The Morgan fingerprint density at radius 1 is 1.25 bits per heavy atom. The molecule has 1 amide bonds. The molecule has 0 bridgehead atoms. The smallest absolute Gasteiger partial charge is 0.227 e. The Morgan fingerprint density at radius 3 is 2.80 bits per heavy atom. The molecule has 0 radical (unpaired) electrons. The number of amides is 1. The van der Waals surface area contributed by atoms with Crippen molar-refractivity contribution >= 4 is 5.91 Å². The zero-order chi connectivity index (χ0) is 13.9. The van der Waals surface area contributed by atoms with E-state index in [-0.39, 0.29) is 11.7 Å². The lowest BCUT2D eigenvalue weighted by Gasteiger charge is -2.23. The van der Waals surface area contributed by atoms with Crippen LogP contribution in [-0.4, -0.2) is 53.0 Å². The fourth-order valence-electron chi connectivity index (χ4n) is 3.33. The number of phenols is 1. The van der Waals surface area contributed by atoms with Crippen molar-refractivity contribution in [1.82, 2.24) is 9.80 Å². The molecule has 2 fully saturated rings. The van der Waals surface area contributed by atoms with E-state index in [2.05, 4.69) is 4.90 Å². The van der Waals surface area contributed by atoms with Gasteiger partial charge >= 0.3 is 0 Å². The van der Waals surface area contributed by atoms with E-state index < -0.39 is 0 Å². The molecule has 1 atom stereocenters. The molecule has 2 heterocycles. The minimum Gasteiger partial charge on any atom is -0.508 e. The lowest BCUT2D eigenvalue weighted by molar-refractivity contribution is -0.129. The van der Waals surface area contributed by atoms with Crippen LogP contribution < -0.4 is 0 Å². The summed E-state index contributed by atoms with van der Waals surface area (Å²) < 4.78 is 0. The number of carbonyl (C=O) groups excluding carboxylic acids is 1.